The van der Waals surface area contributed by atoms with Crippen LogP contribution in [0, 0.1) is 13.8 Å². The second kappa shape index (κ2) is 5.34. The molecule has 0 spiro atoms. The Bertz CT molecular complexity index is 406. The van der Waals surface area contributed by atoms with Crippen molar-refractivity contribution < 1.29 is 4.74 Å². The highest BCUT2D eigenvalue weighted by Gasteiger charge is 2.18. The third-order valence-corrected chi connectivity index (χ3v) is 3.08. The Morgan fingerprint density at radius 2 is 1.94 bits per heavy atom. The molecule has 0 fully saturated rings. The van der Waals surface area contributed by atoms with Crippen molar-refractivity contribution in [1.82, 2.24) is 5.43 Å². The molecule has 0 saturated carbocycles. The van der Waals surface area contributed by atoms with Crippen molar-refractivity contribution in [3.63, 3.8) is 0 Å². The molecule has 1 aliphatic heterocycles. The lowest BCUT2D eigenvalue weighted by Crippen LogP contribution is -2.30. The van der Waals surface area contributed by atoms with E-state index in [0.717, 1.165) is 19.4 Å². The number of benzene rings is 1. The van der Waals surface area contributed by atoms with Gasteiger partial charge in [0.2, 0.25) is 0 Å². The minimum atomic E-state index is 0.0638. The van der Waals surface area contributed by atoms with Crippen LogP contribution in [-0.4, -0.2) is 6.61 Å². The van der Waals surface area contributed by atoms with Crippen LogP contribution in [0.2, 0.25) is 0 Å². The van der Waals surface area contributed by atoms with Crippen LogP contribution in [0.15, 0.2) is 30.0 Å². The maximum Gasteiger partial charge on any atom is 0.0876 e. The number of hydrogen-bond acceptors (Lipinski definition) is 3. The molecule has 92 valence electrons. The molecule has 1 heterocycles. The summed E-state index contributed by atoms with van der Waals surface area (Å²) in [6.45, 7) is 5.03. The molecule has 1 unspecified atom stereocenters. The zero-order chi connectivity index (χ0) is 12.3. The molecule has 0 aliphatic carbocycles. The first-order valence-electron chi connectivity index (χ1n) is 6.05. The Morgan fingerprint density at radius 3 is 2.47 bits per heavy atom. The summed E-state index contributed by atoms with van der Waals surface area (Å²) in [5, 5.41) is 0. The molecule has 0 bridgehead atoms. The Labute approximate surface area is 103 Å². The minimum absolute atomic E-state index is 0.0638. The maximum absolute atomic E-state index is 5.69. The lowest BCUT2D eigenvalue weighted by molar-refractivity contribution is 0.219. The molecule has 1 aliphatic rings. The lowest BCUT2D eigenvalue weighted by atomic mass is 9.93. The summed E-state index contributed by atoms with van der Waals surface area (Å²) < 4.78 is 5.39. The van der Waals surface area contributed by atoms with E-state index >= 15 is 0 Å². The summed E-state index contributed by atoms with van der Waals surface area (Å²) in [4.78, 5) is 0. The average molecular weight is 232 g/mol. The van der Waals surface area contributed by atoms with Crippen LogP contribution in [0.4, 0.5) is 0 Å². The van der Waals surface area contributed by atoms with Gasteiger partial charge in [0.05, 0.1) is 18.9 Å². The predicted molar refractivity (Wildman–Crippen MR) is 69.2 cm³/mol. The summed E-state index contributed by atoms with van der Waals surface area (Å²) in [5.74, 6) is 5.69. The van der Waals surface area contributed by atoms with E-state index in [1.807, 2.05) is 6.26 Å². The lowest BCUT2D eigenvalue weighted by Gasteiger charge is -2.23. The summed E-state index contributed by atoms with van der Waals surface area (Å²) >= 11 is 0. The van der Waals surface area contributed by atoms with Crippen molar-refractivity contribution in [2.24, 2.45) is 5.84 Å². The van der Waals surface area contributed by atoms with Crippen molar-refractivity contribution in [3.05, 3.63) is 46.7 Å². The van der Waals surface area contributed by atoms with Crippen LogP contribution in [0.5, 0.6) is 0 Å². The fourth-order valence-corrected chi connectivity index (χ4v) is 2.39. The van der Waals surface area contributed by atoms with Gasteiger partial charge in [-0.2, -0.15) is 0 Å². The highest BCUT2D eigenvalue weighted by molar-refractivity contribution is 5.35. The van der Waals surface area contributed by atoms with Crippen molar-refractivity contribution in [1.29, 1.82) is 0 Å². The summed E-state index contributed by atoms with van der Waals surface area (Å²) in [5.41, 5.74) is 7.85. The number of rotatable bonds is 3. The normalized spacial score (nSPS) is 17.2. The molecule has 1 aromatic carbocycles. The van der Waals surface area contributed by atoms with E-state index in [0.29, 0.717) is 0 Å². The standard InChI is InChI=1S/C14H20N2O/c1-10-6-11(2)8-13(7-10)14(16-15)12-4-3-5-17-9-12/h6-9,14,16H,3-5,15H2,1-2H3. The summed E-state index contributed by atoms with van der Waals surface area (Å²) in [7, 11) is 0. The zero-order valence-electron chi connectivity index (χ0n) is 10.5. The molecule has 1 aromatic rings. The highest BCUT2D eigenvalue weighted by atomic mass is 16.5. The molecule has 3 N–H and O–H groups in total. The van der Waals surface area contributed by atoms with Gasteiger partial charge in [-0.05, 0) is 37.8 Å². The van der Waals surface area contributed by atoms with E-state index in [1.165, 1.54) is 22.3 Å². The third kappa shape index (κ3) is 2.87. The first-order chi connectivity index (χ1) is 8.20. The van der Waals surface area contributed by atoms with Crippen LogP contribution in [0.25, 0.3) is 0 Å². The monoisotopic (exact) mass is 232 g/mol. The van der Waals surface area contributed by atoms with Gasteiger partial charge in [0, 0.05) is 0 Å². The highest BCUT2D eigenvalue weighted by Crippen LogP contribution is 2.28. The van der Waals surface area contributed by atoms with Crippen LogP contribution in [0.3, 0.4) is 0 Å². The third-order valence-electron chi connectivity index (χ3n) is 3.08. The molecular weight excluding hydrogens is 212 g/mol. The fraction of sp³-hybridized carbons (Fsp3) is 0.429. The van der Waals surface area contributed by atoms with Crippen LogP contribution < -0.4 is 11.3 Å². The molecule has 2 rings (SSSR count). The van der Waals surface area contributed by atoms with Crippen LogP contribution in [-0.2, 0) is 4.74 Å². The van der Waals surface area contributed by atoms with Gasteiger partial charge in [-0.25, -0.2) is 5.43 Å². The van der Waals surface area contributed by atoms with Crippen molar-refractivity contribution in [2.75, 3.05) is 6.61 Å². The van der Waals surface area contributed by atoms with Gasteiger partial charge in [0.15, 0.2) is 0 Å². The quantitative estimate of drug-likeness (QED) is 0.622. The molecule has 17 heavy (non-hydrogen) atoms. The molecule has 0 radical (unpaired) electrons. The molecule has 0 aromatic heterocycles. The molecule has 1 atom stereocenters. The fourth-order valence-electron chi connectivity index (χ4n) is 2.39. The molecule has 3 nitrogen and oxygen atoms in total. The Balaban J connectivity index is 2.31. The number of nitrogens with one attached hydrogen (secondary N) is 1. The van der Waals surface area contributed by atoms with Gasteiger partial charge in [-0.1, -0.05) is 29.3 Å². The van der Waals surface area contributed by atoms with Gasteiger partial charge in [0.25, 0.3) is 0 Å². The zero-order valence-corrected chi connectivity index (χ0v) is 10.5. The van der Waals surface area contributed by atoms with Crippen LogP contribution >= 0.6 is 0 Å². The number of ether oxygens (including phenoxy) is 1. The van der Waals surface area contributed by atoms with E-state index < -0.39 is 0 Å². The van der Waals surface area contributed by atoms with Gasteiger partial charge in [0.1, 0.15) is 0 Å². The summed E-state index contributed by atoms with van der Waals surface area (Å²) in [6, 6.07) is 6.58. The number of hydrogen-bond donors (Lipinski definition) is 2. The smallest absolute Gasteiger partial charge is 0.0876 e. The van der Waals surface area contributed by atoms with Crippen molar-refractivity contribution >= 4 is 0 Å². The molecule has 3 heteroatoms. The van der Waals surface area contributed by atoms with E-state index in [2.05, 4.69) is 37.5 Å². The van der Waals surface area contributed by atoms with Gasteiger partial charge in [-0.3, -0.25) is 5.84 Å². The topological polar surface area (TPSA) is 47.3 Å². The Morgan fingerprint density at radius 1 is 1.24 bits per heavy atom. The predicted octanol–water partition coefficient (Wildman–Crippen LogP) is 2.50. The first-order valence-corrected chi connectivity index (χ1v) is 6.05. The second-order valence-electron chi connectivity index (χ2n) is 4.69. The molecular formula is C14H20N2O. The largest absolute Gasteiger partial charge is 0.501 e. The van der Waals surface area contributed by atoms with Gasteiger partial charge < -0.3 is 4.74 Å². The number of aryl methyl sites for hydroxylation is 2. The molecule has 0 saturated heterocycles. The van der Waals surface area contributed by atoms with E-state index in [-0.39, 0.29) is 6.04 Å². The van der Waals surface area contributed by atoms with Gasteiger partial charge in [-0.15, -0.1) is 0 Å². The summed E-state index contributed by atoms with van der Waals surface area (Å²) in [6.07, 6.45) is 3.96. The Hall–Kier alpha value is -1.32. The maximum atomic E-state index is 5.69. The molecule has 0 amide bonds. The number of hydrazine groups is 1. The van der Waals surface area contributed by atoms with E-state index in [4.69, 9.17) is 10.6 Å². The van der Waals surface area contributed by atoms with Crippen LogP contribution in [0.1, 0.15) is 35.6 Å². The van der Waals surface area contributed by atoms with Gasteiger partial charge >= 0.3 is 0 Å². The SMILES string of the molecule is Cc1cc(C)cc(C(NN)C2=COCCC2)c1. The average Bonchev–Trinajstić information content (AvgIpc) is 2.30. The Kier molecular flexibility index (Phi) is 3.82. The van der Waals surface area contributed by atoms with E-state index in [9.17, 15) is 0 Å². The minimum Gasteiger partial charge on any atom is -0.501 e. The van der Waals surface area contributed by atoms with E-state index in [1.54, 1.807) is 0 Å². The first kappa shape index (κ1) is 12.1. The second-order valence-corrected chi connectivity index (χ2v) is 4.69. The van der Waals surface area contributed by atoms with Crippen molar-refractivity contribution in [3.8, 4) is 0 Å². The number of nitrogens with two attached hydrogens (primary N) is 1. The van der Waals surface area contributed by atoms with Crippen molar-refractivity contribution in [2.45, 2.75) is 32.7 Å².